The normalized spacial score (nSPS) is 13.5. The van der Waals surface area contributed by atoms with Gasteiger partial charge in [0.2, 0.25) is 0 Å². The van der Waals surface area contributed by atoms with Crippen LogP contribution in [0, 0.1) is 0 Å². The van der Waals surface area contributed by atoms with Crippen LogP contribution in [0.5, 0.6) is 11.5 Å². The summed E-state index contributed by atoms with van der Waals surface area (Å²) in [4.78, 5) is 12.3. The van der Waals surface area contributed by atoms with Crippen LogP contribution in [-0.2, 0) is 19.4 Å². The van der Waals surface area contributed by atoms with Gasteiger partial charge in [-0.05, 0) is 55.0 Å². The second kappa shape index (κ2) is 7.04. The van der Waals surface area contributed by atoms with Crippen molar-refractivity contribution in [2.75, 3.05) is 7.11 Å². The fourth-order valence-corrected chi connectivity index (χ4v) is 3.66. The molecule has 0 atom stereocenters. The Morgan fingerprint density at radius 1 is 1.08 bits per heavy atom. The van der Waals surface area contributed by atoms with Gasteiger partial charge in [0.1, 0.15) is 23.7 Å². The Balaban J connectivity index is 1.65. The molecule has 0 spiro atoms. The minimum absolute atomic E-state index is 0.240. The summed E-state index contributed by atoms with van der Waals surface area (Å²) in [6.07, 6.45) is 3.78. The third kappa shape index (κ3) is 3.17. The lowest BCUT2D eigenvalue weighted by Gasteiger charge is -2.17. The lowest BCUT2D eigenvalue weighted by atomic mass is 9.91. The van der Waals surface area contributed by atoms with Crippen LogP contribution in [-0.4, -0.2) is 7.11 Å². The monoisotopic (exact) mass is 370 g/mol. The van der Waals surface area contributed by atoms with Crippen molar-refractivity contribution in [3.05, 3.63) is 68.5 Å². The number of halogens is 1. The van der Waals surface area contributed by atoms with E-state index in [2.05, 4.69) is 0 Å². The zero-order chi connectivity index (χ0) is 18.1. The van der Waals surface area contributed by atoms with Gasteiger partial charge in [-0.25, -0.2) is 4.79 Å². The summed E-state index contributed by atoms with van der Waals surface area (Å²) in [5.74, 6) is 1.30. The second-order valence-corrected chi connectivity index (χ2v) is 6.88. The Hall–Kier alpha value is -2.46. The summed E-state index contributed by atoms with van der Waals surface area (Å²) in [7, 11) is 1.63. The van der Waals surface area contributed by atoms with Crippen molar-refractivity contribution in [2.24, 2.45) is 0 Å². The molecule has 1 aliphatic carbocycles. The number of hydrogen-bond acceptors (Lipinski definition) is 4. The van der Waals surface area contributed by atoms with Gasteiger partial charge in [-0.1, -0.05) is 23.7 Å². The molecule has 1 aromatic heterocycles. The summed E-state index contributed by atoms with van der Waals surface area (Å²) in [5, 5.41) is 1.44. The van der Waals surface area contributed by atoms with Crippen LogP contribution >= 0.6 is 11.6 Å². The summed E-state index contributed by atoms with van der Waals surface area (Å²) in [6, 6.07) is 11.2. The number of hydrogen-bond donors (Lipinski definition) is 0. The second-order valence-electron chi connectivity index (χ2n) is 6.47. The molecular formula is C21H19ClO4. The van der Waals surface area contributed by atoms with E-state index < -0.39 is 0 Å². The predicted molar refractivity (Wildman–Crippen MR) is 101 cm³/mol. The highest BCUT2D eigenvalue weighted by Crippen LogP contribution is 2.34. The van der Waals surface area contributed by atoms with Crippen molar-refractivity contribution in [2.45, 2.75) is 32.3 Å². The quantitative estimate of drug-likeness (QED) is 0.612. The molecule has 5 heteroatoms. The maximum atomic E-state index is 12.3. The highest BCUT2D eigenvalue weighted by atomic mass is 35.5. The van der Waals surface area contributed by atoms with Crippen LogP contribution in [0.4, 0.5) is 0 Å². The molecule has 0 unspecified atom stereocenters. The molecule has 26 heavy (non-hydrogen) atoms. The van der Waals surface area contributed by atoms with E-state index in [4.69, 9.17) is 25.5 Å². The van der Waals surface area contributed by atoms with Gasteiger partial charge in [0.05, 0.1) is 12.1 Å². The van der Waals surface area contributed by atoms with Crippen LogP contribution in [0.15, 0.2) is 45.6 Å². The zero-order valence-electron chi connectivity index (χ0n) is 14.5. The van der Waals surface area contributed by atoms with Gasteiger partial charge in [-0.15, -0.1) is 0 Å². The fourth-order valence-electron chi connectivity index (χ4n) is 3.44. The molecule has 0 saturated carbocycles. The molecule has 2 aromatic carbocycles. The van der Waals surface area contributed by atoms with Crippen molar-refractivity contribution >= 4 is 22.6 Å². The van der Waals surface area contributed by atoms with Gasteiger partial charge in [0.15, 0.2) is 0 Å². The first-order valence-corrected chi connectivity index (χ1v) is 9.07. The minimum Gasteiger partial charge on any atom is -0.497 e. The molecular weight excluding hydrogens is 352 g/mol. The molecule has 0 saturated heterocycles. The third-order valence-electron chi connectivity index (χ3n) is 4.83. The number of aryl methyl sites for hydroxylation is 1. The fraction of sp³-hybridized carbons (Fsp3) is 0.286. The van der Waals surface area contributed by atoms with E-state index in [-0.39, 0.29) is 5.63 Å². The van der Waals surface area contributed by atoms with E-state index in [9.17, 15) is 4.79 Å². The van der Waals surface area contributed by atoms with E-state index in [0.717, 1.165) is 53.5 Å². The third-order valence-corrected chi connectivity index (χ3v) is 5.12. The van der Waals surface area contributed by atoms with Gasteiger partial charge >= 0.3 is 5.63 Å². The van der Waals surface area contributed by atoms with Crippen molar-refractivity contribution in [1.82, 2.24) is 0 Å². The van der Waals surface area contributed by atoms with Gasteiger partial charge in [-0.2, -0.15) is 0 Å². The molecule has 4 rings (SSSR count). The highest BCUT2D eigenvalue weighted by Gasteiger charge is 2.19. The highest BCUT2D eigenvalue weighted by molar-refractivity contribution is 6.32. The Bertz CT molecular complexity index is 1010. The lowest BCUT2D eigenvalue weighted by molar-refractivity contribution is 0.306. The predicted octanol–water partition coefficient (Wildman–Crippen LogP) is 4.91. The van der Waals surface area contributed by atoms with Crippen molar-refractivity contribution < 1.29 is 13.9 Å². The zero-order valence-corrected chi connectivity index (χ0v) is 15.3. The lowest BCUT2D eigenvalue weighted by Crippen LogP contribution is -2.15. The van der Waals surface area contributed by atoms with Crippen molar-refractivity contribution in [3.63, 3.8) is 0 Å². The van der Waals surface area contributed by atoms with Gasteiger partial charge in [0, 0.05) is 17.0 Å². The molecule has 134 valence electrons. The van der Waals surface area contributed by atoms with E-state index in [1.54, 1.807) is 13.2 Å². The van der Waals surface area contributed by atoms with E-state index in [1.165, 1.54) is 0 Å². The van der Waals surface area contributed by atoms with Gasteiger partial charge < -0.3 is 13.9 Å². The molecule has 0 fully saturated rings. The SMILES string of the molecule is COc1ccc(COc2cc3oc(=O)c4c(c3cc2Cl)CCCC4)cc1. The van der Waals surface area contributed by atoms with E-state index >= 15 is 0 Å². The Morgan fingerprint density at radius 3 is 2.54 bits per heavy atom. The number of fused-ring (bicyclic) bond motifs is 3. The minimum atomic E-state index is -0.240. The molecule has 0 radical (unpaired) electrons. The topological polar surface area (TPSA) is 48.7 Å². The van der Waals surface area contributed by atoms with Gasteiger partial charge in [-0.3, -0.25) is 0 Å². The van der Waals surface area contributed by atoms with Crippen molar-refractivity contribution in [3.8, 4) is 11.5 Å². The van der Waals surface area contributed by atoms with Crippen LogP contribution in [0.25, 0.3) is 11.0 Å². The summed E-state index contributed by atoms with van der Waals surface area (Å²) < 4.78 is 16.5. The number of benzene rings is 2. The molecule has 0 N–H and O–H groups in total. The molecule has 1 aliphatic rings. The summed E-state index contributed by atoms with van der Waals surface area (Å²) in [5.41, 5.74) is 3.16. The molecule has 0 amide bonds. The van der Waals surface area contributed by atoms with E-state index in [0.29, 0.717) is 23.0 Å². The maximum Gasteiger partial charge on any atom is 0.339 e. The molecule has 3 aromatic rings. The van der Waals surface area contributed by atoms with Crippen LogP contribution in [0.3, 0.4) is 0 Å². The molecule has 1 heterocycles. The van der Waals surface area contributed by atoms with Crippen LogP contribution in [0.2, 0.25) is 5.02 Å². The smallest absolute Gasteiger partial charge is 0.339 e. The number of methoxy groups -OCH3 is 1. The molecule has 0 bridgehead atoms. The number of rotatable bonds is 4. The Kier molecular flexibility index (Phi) is 4.60. The van der Waals surface area contributed by atoms with Crippen LogP contribution < -0.4 is 15.1 Å². The summed E-state index contributed by atoms with van der Waals surface area (Å²) >= 11 is 6.43. The van der Waals surface area contributed by atoms with E-state index in [1.807, 2.05) is 30.3 Å². The van der Waals surface area contributed by atoms with Crippen LogP contribution in [0.1, 0.15) is 29.5 Å². The first-order chi connectivity index (χ1) is 12.7. The standard InChI is InChI=1S/C21H19ClO4/c1-24-14-8-6-13(7-9-14)12-25-20-11-19-17(10-18(20)22)15-4-2-3-5-16(15)21(23)26-19/h6-11H,2-5,12H2,1H3. The van der Waals surface area contributed by atoms with Crippen molar-refractivity contribution in [1.29, 1.82) is 0 Å². The molecule has 4 nitrogen and oxygen atoms in total. The first-order valence-electron chi connectivity index (χ1n) is 8.69. The number of ether oxygens (including phenoxy) is 2. The Labute approximate surface area is 156 Å². The first kappa shape index (κ1) is 17.0. The Morgan fingerprint density at radius 2 is 1.81 bits per heavy atom. The largest absolute Gasteiger partial charge is 0.497 e. The average molecular weight is 371 g/mol. The van der Waals surface area contributed by atoms with Gasteiger partial charge in [0.25, 0.3) is 0 Å². The maximum absolute atomic E-state index is 12.3. The molecule has 0 aliphatic heterocycles. The summed E-state index contributed by atoms with van der Waals surface area (Å²) in [6.45, 7) is 0.365. The average Bonchev–Trinajstić information content (AvgIpc) is 2.68.